The Hall–Kier alpha value is -0.120. The van der Waals surface area contributed by atoms with Crippen LogP contribution in [0.3, 0.4) is 0 Å². The Kier molecular flexibility index (Phi) is 6.11. The second kappa shape index (κ2) is 7.61. The van der Waals surface area contributed by atoms with Crippen LogP contribution in [-0.4, -0.2) is 61.2 Å². The Morgan fingerprint density at radius 2 is 1.95 bits per heavy atom. The fourth-order valence-corrected chi connectivity index (χ4v) is 3.78. The third kappa shape index (κ3) is 4.44. The number of nitrogens with one attached hydrogen (secondary N) is 1. The van der Waals surface area contributed by atoms with E-state index in [-0.39, 0.29) is 0 Å². The van der Waals surface area contributed by atoms with Gasteiger partial charge in [0.1, 0.15) is 0 Å². The van der Waals surface area contributed by atoms with Crippen molar-refractivity contribution in [2.75, 3.05) is 39.3 Å². The second-order valence-corrected chi connectivity index (χ2v) is 6.48. The quantitative estimate of drug-likeness (QED) is 0.727. The number of nitrogens with zero attached hydrogens (tertiary/aromatic N) is 2. The van der Waals surface area contributed by atoms with Crippen molar-refractivity contribution in [3.63, 3.8) is 0 Å². The molecule has 2 rings (SSSR count). The number of fused-ring (bicyclic) bond motifs is 2. The van der Waals surface area contributed by atoms with Gasteiger partial charge in [-0.3, -0.25) is 0 Å². The van der Waals surface area contributed by atoms with Gasteiger partial charge in [0.15, 0.2) is 0 Å². The van der Waals surface area contributed by atoms with Gasteiger partial charge in [-0.1, -0.05) is 13.8 Å². The highest BCUT2D eigenvalue weighted by atomic mass is 15.2. The first-order valence-corrected chi connectivity index (χ1v) is 8.43. The van der Waals surface area contributed by atoms with E-state index in [9.17, 15) is 0 Å². The summed E-state index contributed by atoms with van der Waals surface area (Å²) in [4.78, 5) is 5.16. The van der Waals surface area contributed by atoms with Crippen LogP contribution in [0.15, 0.2) is 0 Å². The van der Waals surface area contributed by atoms with Gasteiger partial charge in [-0.05, 0) is 71.2 Å². The molecule has 0 aromatic heterocycles. The number of hydrogen-bond donors (Lipinski definition) is 1. The number of rotatable bonds is 8. The molecular weight excluding hydrogens is 234 g/mol. The fraction of sp³-hybridized carbons (Fsp3) is 1.00. The zero-order valence-electron chi connectivity index (χ0n) is 13.2. The van der Waals surface area contributed by atoms with Crippen molar-refractivity contribution in [2.24, 2.45) is 5.92 Å². The molecule has 2 bridgehead atoms. The Bertz CT molecular complexity index is 252. The normalized spacial score (nSPS) is 31.9. The summed E-state index contributed by atoms with van der Waals surface area (Å²) in [6.07, 6.45) is 5.44. The van der Waals surface area contributed by atoms with Gasteiger partial charge in [-0.25, -0.2) is 0 Å². The average Bonchev–Trinajstić information content (AvgIpc) is 2.81. The van der Waals surface area contributed by atoms with Crippen LogP contribution >= 0.6 is 0 Å². The molecule has 0 aromatic rings. The topological polar surface area (TPSA) is 18.5 Å². The van der Waals surface area contributed by atoms with Crippen LogP contribution in [0.5, 0.6) is 0 Å². The fourth-order valence-electron chi connectivity index (χ4n) is 3.78. The van der Waals surface area contributed by atoms with Gasteiger partial charge in [0.2, 0.25) is 0 Å². The van der Waals surface area contributed by atoms with Crippen molar-refractivity contribution in [1.29, 1.82) is 0 Å². The molecule has 4 atom stereocenters. The van der Waals surface area contributed by atoms with Gasteiger partial charge < -0.3 is 15.1 Å². The predicted molar refractivity (Wildman–Crippen MR) is 82.6 cm³/mol. The van der Waals surface area contributed by atoms with Crippen LogP contribution in [0.2, 0.25) is 0 Å². The first-order valence-electron chi connectivity index (χ1n) is 8.43. The van der Waals surface area contributed by atoms with Gasteiger partial charge in [-0.2, -0.15) is 0 Å². The van der Waals surface area contributed by atoms with E-state index in [4.69, 9.17) is 0 Å². The molecule has 19 heavy (non-hydrogen) atoms. The highest BCUT2D eigenvalue weighted by Gasteiger charge is 2.34. The highest BCUT2D eigenvalue weighted by molar-refractivity contribution is 4.91. The van der Waals surface area contributed by atoms with Crippen LogP contribution in [0.25, 0.3) is 0 Å². The van der Waals surface area contributed by atoms with E-state index in [2.05, 4.69) is 35.9 Å². The van der Waals surface area contributed by atoms with Gasteiger partial charge in [0, 0.05) is 18.6 Å². The van der Waals surface area contributed by atoms with Gasteiger partial charge in [-0.15, -0.1) is 0 Å². The predicted octanol–water partition coefficient (Wildman–Crippen LogP) is 2.18. The van der Waals surface area contributed by atoms with Crippen LogP contribution in [0.4, 0.5) is 0 Å². The first kappa shape index (κ1) is 15.3. The molecule has 2 heterocycles. The lowest BCUT2D eigenvalue weighted by molar-refractivity contribution is 0.207. The summed E-state index contributed by atoms with van der Waals surface area (Å²) in [5, 5.41) is 3.91. The molecule has 3 heteroatoms. The minimum absolute atomic E-state index is 0.688. The largest absolute Gasteiger partial charge is 0.311 e. The lowest BCUT2D eigenvalue weighted by Gasteiger charge is -2.33. The molecular formula is C16H33N3. The molecule has 2 aliphatic heterocycles. The van der Waals surface area contributed by atoms with Crippen molar-refractivity contribution < 1.29 is 0 Å². The lowest BCUT2D eigenvalue weighted by Crippen LogP contribution is -2.47. The maximum absolute atomic E-state index is 3.91. The summed E-state index contributed by atoms with van der Waals surface area (Å²) in [5.74, 6) is 0.930. The van der Waals surface area contributed by atoms with E-state index in [1.165, 1.54) is 65.0 Å². The van der Waals surface area contributed by atoms with Crippen molar-refractivity contribution in [1.82, 2.24) is 15.1 Å². The Labute approximate surface area is 119 Å². The summed E-state index contributed by atoms with van der Waals surface area (Å²) in [6, 6.07) is 1.48. The molecule has 0 saturated carbocycles. The molecule has 4 unspecified atom stereocenters. The van der Waals surface area contributed by atoms with Crippen LogP contribution in [0, 0.1) is 5.92 Å². The molecule has 0 amide bonds. The van der Waals surface area contributed by atoms with E-state index in [0.29, 0.717) is 6.04 Å². The van der Waals surface area contributed by atoms with E-state index in [1.54, 1.807) is 0 Å². The number of hydrogen-bond acceptors (Lipinski definition) is 3. The van der Waals surface area contributed by atoms with Crippen molar-refractivity contribution >= 4 is 0 Å². The number of piperidine rings is 1. The molecule has 0 aliphatic carbocycles. The van der Waals surface area contributed by atoms with E-state index < -0.39 is 0 Å². The van der Waals surface area contributed by atoms with Crippen molar-refractivity contribution in [3.05, 3.63) is 0 Å². The summed E-state index contributed by atoms with van der Waals surface area (Å²) < 4.78 is 0. The third-order valence-corrected chi connectivity index (χ3v) is 5.14. The maximum Gasteiger partial charge on any atom is 0.0123 e. The standard InChI is InChI=1S/C16H33N3/c1-4-18(5-2)10-6-7-14(3)17-16-9-12-19-11-8-15(16)13-19/h14-17H,4-13H2,1-3H3. The lowest BCUT2D eigenvalue weighted by atomic mass is 9.93. The Balaban J connectivity index is 1.62. The molecule has 112 valence electrons. The summed E-state index contributed by atoms with van der Waals surface area (Å²) in [7, 11) is 0. The van der Waals surface area contributed by atoms with Crippen molar-refractivity contribution in [2.45, 2.75) is 58.5 Å². The third-order valence-electron chi connectivity index (χ3n) is 5.14. The monoisotopic (exact) mass is 267 g/mol. The zero-order valence-corrected chi connectivity index (χ0v) is 13.2. The van der Waals surface area contributed by atoms with Crippen LogP contribution in [0.1, 0.15) is 46.5 Å². The molecule has 0 aromatic carbocycles. The summed E-state index contributed by atoms with van der Waals surface area (Å²) >= 11 is 0. The maximum atomic E-state index is 3.91. The molecule has 3 nitrogen and oxygen atoms in total. The highest BCUT2D eigenvalue weighted by Crippen LogP contribution is 2.27. The molecule has 2 aliphatic rings. The SMILES string of the molecule is CCN(CC)CCCC(C)NC1CCN2CCC1C2. The van der Waals surface area contributed by atoms with E-state index >= 15 is 0 Å². The molecule has 0 spiro atoms. The van der Waals surface area contributed by atoms with E-state index in [1.807, 2.05) is 0 Å². The molecule has 1 N–H and O–H groups in total. The van der Waals surface area contributed by atoms with Crippen LogP contribution in [-0.2, 0) is 0 Å². The summed E-state index contributed by atoms with van der Waals surface area (Å²) in [5.41, 5.74) is 0. The smallest absolute Gasteiger partial charge is 0.0123 e. The molecule has 2 fully saturated rings. The minimum Gasteiger partial charge on any atom is -0.311 e. The summed E-state index contributed by atoms with van der Waals surface area (Å²) in [6.45, 7) is 14.6. The van der Waals surface area contributed by atoms with Gasteiger partial charge >= 0.3 is 0 Å². The van der Waals surface area contributed by atoms with Crippen LogP contribution < -0.4 is 5.32 Å². The van der Waals surface area contributed by atoms with Gasteiger partial charge in [0.05, 0.1) is 0 Å². The zero-order chi connectivity index (χ0) is 13.7. The van der Waals surface area contributed by atoms with E-state index in [0.717, 1.165) is 12.0 Å². The Morgan fingerprint density at radius 1 is 1.21 bits per heavy atom. The van der Waals surface area contributed by atoms with Crippen molar-refractivity contribution in [3.8, 4) is 0 Å². The first-order chi connectivity index (χ1) is 9.22. The molecule has 0 radical (unpaired) electrons. The minimum atomic E-state index is 0.688. The Morgan fingerprint density at radius 3 is 2.68 bits per heavy atom. The second-order valence-electron chi connectivity index (χ2n) is 6.48. The van der Waals surface area contributed by atoms with Gasteiger partial charge in [0.25, 0.3) is 0 Å². The molecule has 2 saturated heterocycles. The average molecular weight is 267 g/mol.